The molecule has 0 unspecified atom stereocenters. The smallest absolute Gasteiger partial charge is 0.253 e. The molecule has 0 bridgehead atoms. The molecule has 0 radical (unpaired) electrons. The summed E-state index contributed by atoms with van der Waals surface area (Å²) in [5.74, 6) is 0.981. The third-order valence-electron chi connectivity index (χ3n) is 5.25. The summed E-state index contributed by atoms with van der Waals surface area (Å²) in [7, 11) is 0. The van der Waals surface area contributed by atoms with E-state index in [2.05, 4.69) is 40.4 Å². The van der Waals surface area contributed by atoms with Gasteiger partial charge < -0.3 is 14.4 Å². The Morgan fingerprint density at radius 2 is 1.54 bits per heavy atom. The molecule has 0 N–H and O–H groups in total. The maximum Gasteiger partial charge on any atom is 0.253 e. The van der Waals surface area contributed by atoms with Gasteiger partial charge in [-0.25, -0.2) is 4.98 Å². The highest BCUT2D eigenvalue weighted by atomic mass is 35.5. The highest BCUT2D eigenvalue weighted by molar-refractivity contribution is 6.30. The first-order valence-corrected chi connectivity index (χ1v) is 9.82. The van der Waals surface area contributed by atoms with Crippen molar-refractivity contribution in [3.05, 3.63) is 76.7 Å². The lowest BCUT2D eigenvalue weighted by atomic mass is 10.1. The number of anilines is 1. The second-order valence-corrected chi connectivity index (χ2v) is 7.55. The minimum absolute atomic E-state index is 0.0798. The van der Waals surface area contributed by atoms with E-state index < -0.39 is 0 Å². The predicted molar refractivity (Wildman–Crippen MR) is 113 cm³/mol. The summed E-state index contributed by atoms with van der Waals surface area (Å²) in [5.41, 5.74) is 4.17. The molecule has 6 heteroatoms. The molecule has 2 aromatic heterocycles. The number of pyridine rings is 1. The second kappa shape index (κ2) is 7.68. The first kappa shape index (κ1) is 18.6. The van der Waals surface area contributed by atoms with E-state index in [1.807, 2.05) is 41.3 Å². The lowest BCUT2D eigenvalue weighted by Crippen LogP contribution is -2.49. The number of hydrogen-bond acceptors (Lipinski definition) is 3. The van der Waals surface area contributed by atoms with E-state index >= 15 is 0 Å². The zero-order chi connectivity index (χ0) is 19.7. The predicted octanol–water partition coefficient (Wildman–Crippen LogP) is 4.10. The monoisotopic (exact) mass is 394 g/mol. The molecule has 1 aliphatic rings. The lowest BCUT2D eigenvalue weighted by Gasteiger charge is -2.35. The van der Waals surface area contributed by atoms with Crippen LogP contribution in [0.15, 0.2) is 54.7 Å². The highest BCUT2D eigenvalue weighted by Crippen LogP contribution is 2.19. The first-order valence-electron chi connectivity index (χ1n) is 9.44. The molecular formula is C22H23ClN4O. The van der Waals surface area contributed by atoms with Crippen molar-refractivity contribution in [3.8, 4) is 5.69 Å². The summed E-state index contributed by atoms with van der Waals surface area (Å²) < 4.78 is 2.19. The van der Waals surface area contributed by atoms with E-state index in [1.165, 1.54) is 11.4 Å². The number of amides is 1. The third kappa shape index (κ3) is 3.62. The lowest BCUT2D eigenvalue weighted by molar-refractivity contribution is 0.0746. The number of aromatic nitrogens is 2. The topological polar surface area (TPSA) is 41.4 Å². The molecule has 1 amide bonds. The molecule has 0 atom stereocenters. The number of nitrogens with zero attached hydrogens (tertiary/aromatic N) is 4. The minimum Gasteiger partial charge on any atom is -0.353 e. The van der Waals surface area contributed by atoms with Gasteiger partial charge in [-0.1, -0.05) is 11.6 Å². The summed E-state index contributed by atoms with van der Waals surface area (Å²) in [6.45, 7) is 7.06. The fourth-order valence-corrected chi connectivity index (χ4v) is 3.82. The molecule has 1 fully saturated rings. The van der Waals surface area contributed by atoms with Gasteiger partial charge in [0.15, 0.2) is 0 Å². The van der Waals surface area contributed by atoms with Crippen LogP contribution in [0.2, 0.25) is 5.02 Å². The van der Waals surface area contributed by atoms with Crippen LogP contribution in [0.4, 0.5) is 5.82 Å². The van der Waals surface area contributed by atoms with E-state index in [1.54, 1.807) is 6.20 Å². The molecule has 5 nitrogen and oxygen atoms in total. The molecule has 0 spiro atoms. The van der Waals surface area contributed by atoms with Crippen LogP contribution in [0.5, 0.6) is 0 Å². The van der Waals surface area contributed by atoms with Crippen LogP contribution < -0.4 is 4.90 Å². The second-order valence-electron chi connectivity index (χ2n) is 7.11. The zero-order valence-electron chi connectivity index (χ0n) is 16.1. The van der Waals surface area contributed by atoms with Gasteiger partial charge in [0.1, 0.15) is 5.82 Å². The van der Waals surface area contributed by atoms with Crippen LogP contribution in [-0.4, -0.2) is 46.5 Å². The number of rotatable bonds is 3. The fraction of sp³-hybridized carbons (Fsp3) is 0.273. The van der Waals surface area contributed by atoms with Crippen LogP contribution in [0.1, 0.15) is 21.7 Å². The number of hydrogen-bond donors (Lipinski definition) is 0. The summed E-state index contributed by atoms with van der Waals surface area (Å²) in [4.78, 5) is 21.3. The molecule has 0 saturated carbocycles. The quantitative estimate of drug-likeness (QED) is 0.671. The van der Waals surface area contributed by atoms with Gasteiger partial charge in [0.05, 0.1) is 5.02 Å². The molecule has 3 heterocycles. The molecular weight excluding hydrogens is 372 g/mol. The molecule has 1 aliphatic heterocycles. The van der Waals surface area contributed by atoms with Crippen molar-refractivity contribution in [3.63, 3.8) is 0 Å². The third-order valence-corrected chi connectivity index (χ3v) is 5.47. The largest absolute Gasteiger partial charge is 0.353 e. The number of aryl methyl sites for hydroxylation is 2. The average Bonchev–Trinajstić information content (AvgIpc) is 3.06. The van der Waals surface area contributed by atoms with Crippen molar-refractivity contribution in [2.45, 2.75) is 13.8 Å². The molecule has 0 aliphatic carbocycles. The van der Waals surface area contributed by atoms with Crippen molar-refractivity contribution < 1.29 is 4.79 Å². The van der Waals surface area contributed by atoms with Gasteiger partial charge in [0.25, 0.3) is 5.91 Å². The Bertz CT molecular complexity index is 951. The Kier molecular flexibility index (Phi) is 5.09. The van der Waals surface area contributed by atoms with Crippen molar-refractivity contribution in [1.29, 1.82) is 0 Å². The Balaban J connectivity index is 1.42. The van der Waals surface area contributed by atoms with Gasteiger partial charge >= 0.3 is 0 Å². The first-order chi connectivity index (χ1) is 13.5. The summed E-state index contributed by atoms with van der Waals surface area (Å²) in [5, 5.41) is 0.631. The van der Waals surface area contributed by atoms with Gasteiger partial charge in [0, 0.05) is 55.0 Å². The van der Waals surface area contributed by atoms with Crippen molar-refractivity contribution in [2.75, 3.05) is 31.1 Å². The van der Waals surface area contributed by atoms with E-state index in [-0.39, 0.29) is 5.91 Å². The minimum atomic E-state index is 0.0798. The van der Waals surface area contributed by atoms with Crippen molar-refractivity contribution in [1.82, 2.24) is 14.5 Å². The molecule has 3 aromatic rings. The SMILES string of the molecule is Cc1ccc(C)n1-c1ccc(C(=O)N2CCN(c3ccc(Cl)cn3)CC2)cc1. The Hall–Kier alpha value is -2.79. The van der Waals surface area contributed by atoms with E-state index in [4.69, 9.17) is 11.6 Å². The number of carbonyl (C=O) groups is 1. The van der Waals surface area contributed by atoms with Crippen molar-refractivity contribution in [2.24, 2.45) is 0 Å². The van der Waals surface area contributed by atoms with E-state index in [0.717, 1.165) is 30.2 Å². The maximum absolute atomic E-state index is 12.9. The summed E-state index contributed by atoms with van der Waals surface area (Å²) in [6.07, 6.45) is 1.66. The number of piperazine rings is 1. The molecule has 1 saturated heterocycles. The van der Waals surface area contributed by atoms with Crippen LogP contribution >= 0.6 is 11.6 Å². The summed E-state index contributed by atoms with van der Waals surface area (Å²) >= 11 is 5.91. The summed E-state index contributed by atoms with van der Waals surface area (Å²) in [6, 6.07) is 15.8. The van der Waals surface area contributed by atoms with Crippen LogP contribution in [-0.2, 0) is 0 Å². The Morgan fingerprint density at radius 1 is 0.893 bits per heavy atom. The number of carbonyl (C=O) groups excluding carboxylic acids is 1. The molecule has 1 aromatic carbocycles. The normalized spacial score (nSPS) is 14.4. The van der Waals surface area contributed by atoms with Gasteiger partial charge in [-0.05, 0) is 62.4 Å². The zero-order valence-corrected chi connectivity index (χ0v) is 16.9. The Morgan fingerprint density at radius 3 is 2.11 bits per heavy atom. The molecule has 144 valence electrons. The molecule has 4 rings (SSSR count). The van der Waals surface area contributed by atoms with Gasteiger partial charge in [-0.3, -0.25) is 4.79 Å². The van der Waals surface area contributed by atoms with Crippen LogP contribution in [0.3, 0.4) is 0 Å². The van der Waals surface area contributed by atoms with E-state index in [9.17, 15) is 4.79 Å². The Labute approximate surface area is 170 Å². The maximum atomic E-state index is 12.9. The molecule has 28 heavy (non-hydrogen) atoms. The number of benzene rings is 1. The van der Waals surface area contributed by atoms with Crippen LogP contribution in [0.25, 0.3) is 5.69 Å². The highest BCUT2D eigenvalue weighted by Gasteiger charge is 2.23. The number of halogens is 1. The average molecular weight is 395 g/mol. The van der Waals surface area contributed by atoms with Crippen molar-refractivity contribution >= 4 is 23.3 Å². The van der Waals surface area contributed by atoms with Gasteiger partial charge in [0.2, 0.25) is 0 Å². The standard InChI is InChI=1S/C22H23ClN4O/c1-16-3-4-17(2)27(16)20-8-5-18(6-9-20)22(28)26-13-11-25(12-14-26)21-10-7-19(23)15-24-21/h3-10,15H,11-14H2,1-2H3. The van der Waals surface area contributed by atoms with E-state index in [0.29, 0.717) is 18.1 Å². The fourth-order valence-electron chi connectivity index (χ4n) is 3.71. The van der Waals surface area contributed by atoms with Gasteiger partial charge in [-0.15, -0.1) is 0 Å². The van der Waals surface area contributed by atoms with Crippen LogP contribution in [0, 0.1) is 13.8 Å². The van der Waals surface area contributed by atoms with Gasteiger partial charge in [-0.2, -0.15) is 0 Å².